The molecule has 11 heavy (non-hydrogen) atoms. The van der Waals surface area contributed by atoms with Crippen molar-refractivity contribution in [2.24, 2.45) is 0 Å². The maximum atomic E-state index is 5.56. The van der Waals surface area contributed by atoms with Crippen LogP contribution in [0.3, 0.4) is 0 Å². The van der Waals surface area contributed by atoms with Crippen LogP contribution in [0.15, 0.2) is 0 Å². The van der Waals surface area contributed by atoms with Crippen LogP contribution in [0.5, 0.6) is 0 Å². The average molecular weight is 174 g/mol. The molecule has 0 saturated heterocycles. The summed E-state index contributed by atoms with van der Waals surface area (Å²) in [5, 5.41) is 0. The summed E-state index contributed by atoms with van der Waals surface area (Å²) >= 11 is 0. The van der Waals surface area contributed by atoms with E-state index in [1.165, 1.54) is 19.3 Å². The Morgan fingerprint density at radius 1 is 1.27 bits per heavy atom. The molecule has 0 spiro atoms. The SMILES string of the molecule is CC[Si](OC)(OC)C1CCC1. The van der Waals surface area contributed by atoms with Crippen molar-refractivity contribution in [1.29, 1.82) is 0 Å². The van der Waals surface area contributed by atoms with Crippen LogP contribution in [0.4, 0.5) is 0 Å². The molecule has 0 atom stereocenters. The van der Waals surface area contributed by atoms with Gasteiger partial charge >= 0.3 is 8.56 Å². The molecule has 1 fully saturated rings. The highest BCUT2D eigenvalue weighted by atomic mass is 28.4. The third-order valence-corrected chi connectivity index (χ3v) is 7.10. The Kier molecular flexibility index (Phi) is 3.10. The predicted octanol–water partition coefficient (Wildman–Crippen LogP) is 2.30. The largest absolute Gasteiger partial charge is 0.397 e. The van der Waals surface area contributed by atoms with Gasteiger partial charge in [-0.2, -0.15) is 0 Å². The van der Waals surface area contributed by atoms with E-state index in [2.05, 4.69) is 6.92 Å². The summed E-state index contributed by atoms with van der Waals surface area (Å²) in [5.74, 6) is 0. The van der Waals surface area contributed by atoms with E-state index in [1.54, 1.807) is 14.2 Å². The number of hydrogen-bond acceptors (Lipinski definition) is 2. The van der Waals surface area contributed by atoms with Crippen molar-refractivity contribution in [3.05, 3.63) is 0 Å². The van der Waals surface area contributed by atoms with Crippen molar-refractivity contribution in [2.75, 3.05) is 14.2 Å². The lowest BCUT2D eigenvalue weighted by Gasteiger charge is -2.39. The van der Waals surface area contributed by atoms with Crippen LogP contribution in [0.1, 0.15) is 26.2 Å². The van der Waals surface area contributed by atoms with Gasteiger partial charge < -0.3 is 8.85 Å². The van der Waals surface area contributed by atoms with Gasteiger partial charge in [0.15, 0.2) is 0 Å². The van der Waals surface area contributed by atoms with Gasteiger partial charge in [0, 0.05) is 19.8 Å². The van der Waals surface area contributed by atoms with E-state index in [0.29, 0.717) is 0 Å². The maximum Gasteiger partial charge on any atom is 0.340 e. The third kappa shape index (κ3) is 1.50. The topological polar surface area (TPSA) is 18.5 Å². The highest BCUT2D eigenvalue weighted by Gasteiger charge is 2.45. The fourth-order valence-electron chi connectivity index (χ4n) is 1.84. The Bertz CT molecular complexity index is 111. The first-order valence-electron chi connectivity index (χ1n) is 4.39. The van der Waals surface area contributed by atoms with E-state index >= 15 is 0 Å². The van der Waals surface area contributed by atoms with Gasteiger partial charge in [0.2, 0.25) is 0 Å². The minimum absolute atomic E-state index is 0.766. The quantitative estimate of drug-likeness (QED) is 0.609. The van der Waals surface area contributed by atoms with Crippen LogP contribution in [-0.2, 0) is 8.85 Å². The van der Waals surface area contributed by atoms with Crippen LogP contribution in [0, 0.1) is 0 Å². The Morgan fingerprint density at radius 2 is 1.82 bits per heavy atom. The molecule has 1 rings (SSSR count). The summed E-state index contributed by atoms with van der Waals surface area (Å²) in [6.07, 6.45) is 4.01. The van der Waals surface area contributed by atoms with Crippen molar-refractivity contribution >= 4 is 8.56 Å². The van der Waals surface area contributed by atoms with E-state index < -0.39 is 8.56 Å². The maximum absolute atomic E-state index is 5.56. The molecule has 2 nitrogen and oxygen atoms in total. The molecule has 3 heteroatoms. The lowest BCUT2D eigenvalue weighted by atomic mass is 10.00. The molecular formula is C8H18O2Si. The molecule has 0 aromatic heterocycles. The van der Waals surface area contributed by atoms with Crippen LogP contribution in [0.25, 0.3) is 0 Å². The Balaban J connectivity index is 2.54. The summed E-state index contributed by atoms with van der Waals surface area (Å²) in [4.78, 5) is 0. The second-order valence-electron chi connectivity index (χ2n) is 3.20. The zero-order valence-corrected chi connectivity index (χ0v) is 8.72. The minimum Gasteiger partial charge on any atom is -0.397 e. The summed E-state index contributed by atoms with van der Waals surface area (Å²) in [5.41, 5.74) is 0.766. The first-order valence-corrected chi connectivity index (χ1v) is 6.49. The Labute approximate surface area is 70.1 Å². The van der Waals surface area contributed by atoms with Gasteiger partial charge in [0.1, 0.15) is 0 Å². The van der Waals surface area contributed by atoms with Crippen LogP contribution in [-0.4, -0.2) is 22.8 Å². The van der Waals surface area contributed by atoms with Crippen molar-refractivity contribution in [1.82, 2.24) is 0 Å². The van der Waals surface area contributed by atoms with Crippen molar-refractivity contribution in [3.8, 4) is 0 Å². The molecular weight excluding hydrogens is 156 g/mol. The molecule has 0 aliphatic heterocycles. The van der Waals surface area contributed by atoms with Crippen LogP contribution in [0.2, 0.25) is 11.6 Å². The fraction of sp³-hybridized carbons (Fsp3) is 1.00. The molecule has 0 aromatic rings. The van der Waals surface area contributed by atoms with E-state index in [-0.39, 0.29) is 0 Å². The summed E-state index contributed by atoms with van der Waals surface area (Å²) < 4.78 is 11.1. The average Bonchev–Trinajstić information content (AvgIpc) is 1.97. The zero-order chi connectivity index (χ0) is 8.32. The van der Waals surface area contributed by atoms with Crippen LogP contribution >= 0.6 is 0 Å². The predicted molar refractivity (Wildman–Crippen MR) is 47.9 cm³/mol. The fourth-order valence-corrected chi connectivity index (χ4v) is 5.12. The number of rotatable bonds is 4. The molecule has 0 heterocycles. The van der Waals surface area contributed by atoms with E-state index in [9.17, 15) is 0 Å². The Morgan fingerprint density at radius 3 is 1.91 bits per heavy atom. The summed E-state index contributed by atoms with van der Waals surface area (Å²) in [7, 11) is 1.87. The van der Waals surface area contributed by atoms with Crippen molar-refractivity contribution in [2.45, 2.75) is 37.8 Å². The minimum atomic E-state index is -1.73. The highest BCUT2D eigenvalue weighted by molar-refractivity contribution is 6.69. The molecule has 0 N–H and O–H groups in total. The highest BCUT2D eigenvalue weighted by Crippen LogP contribution is 2.43. The molecule has 0 aromatic carbocycles. The van der Waals surface area contributed by atoms with Gasteiger partial charge in [-0.25, -0.2) is 0 Å². The molecule has 66 valence electrons. The number of hydrogen-bond donors (Lipinski definition) is 0. The van der Waals surface area contributed by atoms with Gasteiger partial charge in [-0.1, -0.05) is 13.3 Å². The molecule has 0 unspecified atom stereocenters. The standard InChI is InChI=1S/C8H18O2Si/c1-4-11(9-2,10-3)8-6-5-7-8/h8H,4-7H2,1-3H3. The summed E-state index contributed by atoms with van der Waals surface area (Å²) in [6.45, 7) is 2.18. The smallest absolute Gasteiger partial charge is 0.340 e. The molecule has 0 amide bonds. The van der Waals surface area contributed by atoms with Gasteiger partial charge in [0.05, 0.1) is 0 Å². The van der Waals surface area contributed by atoms with Gasteiger partial charge in [-0.15, -0.1) is 0 Å². The summed E-state index contributed by atoms with van der Waals surface area (Å²) in [6, 6.07) is 1.09. The molecule has 1 aliphatic carbocycles. The first-order chi connectivity index (χ1) is 5.29. The van der Waals surface area contributed by atoms with Crippen molar-refractivity contribution in [3.63, 3.8) is 0 Å². The van der Waals surface area contributed by atoms with Crippen molar-refractivity contribution < 1.29 is 8.85 Å². The normalized spacial score (nSPS) is 19.9. The Hall–Kier alpha value is 0.137. The first kappa shape index (κ1) is 9.23. The van der Waals surface area contributed by atoms with Gasteiger partial charge in [0.25, 0.3) is 0 Å². The monoisotopic (exact) mass is 174 g/mol. The third-order valence-electron chi connectivity index (χ3n) is 2.91. The molecule has 0 radical (unpaired) electrons. The van der Waals surface area contributed by atoms with Crippen LogP contribution < -0.4 is 0 Å². The lowest BCUT2D eigenvalue weighted by Crippen LogP contribution is -2.46. The van der Waals surface area contributed by atoms with E-state index in [4.69, 9.17) is 8.85 Å². The second kappa shape index (κ2) is 3.69. The van der Waals surface area contributed by atoms with Gasteiger partial charge in [-0.3, -0.25) is 0 Å². The molecule has 1 saturated carbocycles. The second-order valence-corrected chi connectivity index (χ2v) is 7.17. The van der Waals surface area contributed by atoms with Gasteiger partial charge in [-0.05, 0) is 18.9 Å². The zero-order valence-electron chi connectivity index (χ0n) is 7.72. The van der Waals surface area contributed by atoms with E-state index in [0.717, 1.165) is 11.6 Å². The molecule has 1 aliphatic rings. The molecule has 0 bridgehead atoms. The lowest BCUT2D eigenvalue weighted by molar-refractivity contribution is 0.209. The van der Waals surface area contributed by atoms with E-state index in [1.807, 2.05) is 0 Å².